The SMILES string of the molecule is CC(=O)N1CCN(C(=O)c2ccc(SCc3csc(C)n3)cc2)CC1. The second-order valence-corrected chi connectivity index (χ2v) is 8.08. The molecule has 0 unspecified atom stereocenters. The fourth-order valence-electron chi connectivity index (χ4n) is 2.73. The van der Waals surface area contributed by atoms with Crippen LogP contribution in [0, 0.1) is 6.92 Å². The van der Waals surface area contributed by atoms with E-state index in [0.29, 0.717) is 31.7 Å². The molecule has 1 fully saturated rings. The number of thioether (sulfide) groups is 1. The molecule has 7 heteroatoms. The zero-order valence-corrected chi connectivity index (χ0v) is 16.0. The molecule has 0 radical (unpaired) electrons. The molecule has 0 bridgehead atoms. The van der Waals surface area contributed by atoms with E-state index in [-0.39, 0.29) is 11.8 Å². The van der Waals surface area contributed by atoms with Gasteiger partial charge < -0.3 is 9.80 Å². The van der Waals surface area contributed by atoms with E-state index < -0.39 is 0 Å². The lowest BCUT2D eigenvalue weighted by molar-refractivity contribution is -0.130. The smallest absolute Gasteiger partial charge is 0.253 e. The lowest BCUT2D eigenvalue weighted by Crippen LogP contribution is -2.50. The third-order valence-corrected chi connectivity index (χ3v) is 6.03. The van der Waals surface area contributed by atoms with Crippen molar-refractivity contribution in [1.29, 1.82) is 0 Å². The first-order valence-corrected chi connectivity index (χ1v) is 10.1. The Kier molecular flexibility index (Phi) is 5.75. The third kappa shape index (κ3) is 4.61. The molecule has 1 aliphatic heterocycles. The Morgan fingerprint density at radius 1 is 1.12 bits per heavy atom. The van der Waals surface area contributed by atoms with Crippen molar-refractivity contribution in [2.75, 3.05) is 26.2 Å². The van der Waals surface area contributed by atoms with Gasteiger partial charge in [0, 0.05) is 54.7 Å². The van der Waals surface area contributed by atoms with Gasteiger partial charge in [-0.3, -0.25) is 9.59 Å². The van der Waals surface area contributed by atoms with E-state index in [2.05, 4.69) is 10.4 Å². The number of rotatable bonds is 4. The molecule has 25 heavy (non-hydrogen) atoms. The summed E-state index contributed by atoms with van der Waals surface area (Å²) in [5.74, 6) is 0.948. The fraction of sp³-hybridized carbons (Fsp3) is 0.389. The molecule has 1 aromatic carbocycles. The van der Waals surface area contributed by atoms with Crippen LogP contribution in [0.25, 0.3) is 0 Å². The molecule has 5 nitrogen and oxygen atoms in total. The van der Waals surface area contributed by atoms with Crippen LogP contribution >= 0.6 is 23.1 Å². The fourth-order valence-corrected chi connectivity index (χ4v) is 4.24. The first kappa shape index (κ1) is 17.9. The van der Waals surface area contributed by atoms with Crippen LogP contribution < -0.4 is 0 Å². The van der Waals surface area contributed by atoms with Gasteiger partial charge >= 0.3 is 0 Å². The maximum atomic E-state index is 12.6. The molecule has 132 valence electrons. The molecule has 0 saturated carbocycles. The molecular weight excluding hydrogens is 354 g/mol. The number of thiazole rings is 1. The van der Waals surface area contributed by atoms with Crippen molar-refractivity contribution in [3.8, 4) is 0 Å². The molecule has 0 N–H and O–H groups in total. The number of aryl methyl sites for hydroxylation is 1. The second-order valence-electron chi connectivity index (χ2n) is 5.97. The van der Waals surface area contributed by atoms with Crippen molar-refractivity contribution in [2.45, 2.75) is 24.5 Å². The average molecular weight is 376 g/mol. The third-order valence-electron chi connectivity index (χ3n) is 4.17. The number of hydrogen-bond acceptors (Lipinski definition) is 5. The molecule has 0 aliphatic carbocycles. The average Bonchev–Trinajstić information content (AvgIpc) is 3.05. The Morgan fingerprint density at radius 3 is 2.32 bits per heavy atom. The molecule has 1 aliphatic rings. The number of piperazine rings is 1. The Morgan fingerprint density at radius 2 is 1.76 bits per heavy atom. The molecular formula is C18H21N3O2S2. The molecule has 1 saturated heterocycles. The van der Waals surface area contributed by atoms with Crippen LogP contribution in [0.3, 0.4) is 0 Å². The largest absolute Gasteiger partial charge is 0.339 e. The first-order chi connectivity index (χ1) is 12.0. The molecule has 2 aromatic rings. The summed E-state index contributed by atoms with van der Waals surface area (Å²) in [7, 11) is 0. The summed E-state index contributed by atoms with van der Waals surface area (Å²) in [6.45, 7) is 6.00. The Balaban J connectivity index is 1.54. The van der Waals surface area contributed by atoms with Gasteiger partial charge in [0.25, 0.3) is 5.91 Å². The minimum atomic E-state index is 0.0369. The molecule has 0 atom stereocenters. The summed E-state index contributed by atoms with van der Waals surface area (Å²) < 4.78 is 0. The highest BCUT2D eigenvalue weighted by Crippen LogP contribution is 2.24. The van der Waals surface area contributed by atoms with Crippen LogP contribution in [0.2, 0.25) is 0 Å². The molecule has 3 rings (SSSR count). The highest BCUT2D eigenvalue weighted by atomic mass is 32.2. The van der Waals surface area contributed by atoms with E-state index >= 15 is 0 Å². The number of amides is 2. The first-order valence-electron chi connectivity index (χ1n) is 8.21. The van der Waals surface area contributed by atoms with Gasteiger partial charge in [-0.05, 0) is 31.2 Å². The second kappa shape index (κ2) is 8.01. The van der Waals surface area contributed by atoms with Crippen molar-refractivity contribution in [3.05, 3.63) is 45.9 Å². The number of carbonyl (C=O) groups excluding carboxylic acids is 2. The van der Waals surface area contributed by atoms with Gasteiger partial charge in [-0.25, -0.2) is 4.98 Å². The normalized spacial score (nSPS) is 14.6. The standard InChI is InChI=1S/C18H21N3O2S2/c1-13-19-16(11-24-13)12-25-17-5-3-15(4-6-17)18(23)21-9-7-20(8-10-21)14(2)22/h3-6,11H,7-10,12H2,1-2H3. The van der Waals surface area contributed by atoms with E-state index in [0.717, 1.165) is 21.3 Å². The van der Waals surface area contributed by atoms with Crippen LogP contribution in [-0.4, -0.2) is 52.8 Å². The van der Waals surface area contributed by atoms with Gasteiger partial charge in [0.1, 0.15) is 0 Å². The maximum Gasteiger partial charge on any atom is 0.253 e. The van der Waals surface area contributed by atoms with Gasteiger partial charge in [-0.2, -0.15) is 0 Å². The van der Waals surface area contributed by atoms with E-state index in [1.54, 1.807) is 34.9 Å². The quantitative estimate of drug-likeness (QED) is 0.771. The zero-order chi connectivity index (χ0) is 17.8. The van der Waals surface area contributed by atoms with Gasteiger partial charge in [-0.15, -0.1) is 23.1 Å². The van der Waals surface area contributed by atoms with E-state index in [1.165, 1.54) is 0 Å². The minimum Gasteiger partial charge on any atom is -0.339 e. The Bertz CT molecular complexity index is 750. The molecule has 2 heterocycles. The van der Waals surface area contributed by atoms with Crippen molar-refractivity contribution in [3.63, 3.8) is 0 Å². The van der Waals surface area contributed by atoms with Gasteiger partial charge in [0.15, 0.2) is 0 Å². The summed E-state index contributed by atoms with van der Waals surface area (Å²) in [4.78, 5) is 33.1. The Hall–Kier alpha value is -1.86. The highest BCUT2D eigenvalue weighted by Gasteiger charge is 2.23. The van der Waals surface area contributed by atoms with Gasteiger partial charge in [-0.1, -0.05) is 0 Å². The summed E-state index contributed by atoms with van der Waals surface area (Å²) in [5.41, 5.74) is 1.79. The van der Waals surface area contributed by atoms with E-state index in [1.807, 2.05) is 36.1 Å². The van der Waals surface area contributed by atoms with Crippen LogP contribution in [0.1, 0.15) is 28.0 Å². The van der Waals surface area contributed by atoms with Crippen molar-refractivity contribution in [1.82, 2.24) is 14.8 Å². The summed E-state index contributed by atoms with van der Waals surface area (Å²) in [6.07, 6.45) is 0. The number of carbonyl (C=O) groups is 2. The van der Waals surface area contributed by atoms with Crippen molar-refractivity contribution in [2.24, 2.45) is 0 Å². The van der Waals surface area contributed by atoms with Crippen LogP contribution in [-0.2, 0) is 10.5 Å². The lowest BCUT2D eigenvalue weighted by atomic mass is 10.2. The zero-order valence-electron chi connectivity index (χ0n) is 14.4. The monoisotopic (exact) mass is 375 g/mol. The topological polar surface area (TPSA) is 53.5 Å². The summed E-state index contributed by atoms with van der Waals surface area (Å²) >= 11 is 3.39. The van der Waals surface area contributed by atoms with Crippen LogP contribution in [0.4, 0.5) is 0 Å². The lowest BCUT2D eigenvalue weighted by Gasteiger charge is -2.34. The van der Waals surface area contributed by atoms with Gasteiger partial charge in [0.2, 0.25) is 5.91 Å². The van der Waals surface area contributed by atoms with Gasteiger partial charge in [0.05, 0.1) is 10.7 Å². The number of nitrogens with zero attached hydrogens (tertiary/aromatic N) is 3. The molecule has 1 aromatic heterocycles. The highest BCUT2D eigenvalue weighted by molar-refractivity contribution is 7.98. The Labute approximate surface area is 156 Å². The minimum absolute atomic E-state index is 0.0369. The number of benzene rings is 1. The molecule has 2 amide bonds. The predicted molar refractivity (Wildman–Crippen MR) is 101 cm³/mol. The molecule has 0 spiro atoms. The van der Waals surface area contributed by atoms with Crippen LogP contribution in [0.15, 0.2) is 34.5 Å². The van der Waals surface area contributed by atoms with E-state index in [4.69, 9.17) is 0 Å². The van der Waals surface area contributed by atoms with Crippen molar-refractivity contribution >= 4 is 34.9 Å². The number of aromatic nitrogens is 1. The summed E-state index contributed by atoms with van der Waals surface area (Å²) in [5, 5.41) is 3.17. The van der Waals surface area contributed by atoms with Crippen molar-refractivity contribution < 1.29 is 9.59 Å². The van der Waals surface area contributed by atoms with Crippen LogP contribution in [0.5, 0.6) is 0 Å². The predicted octanol–water partition coefficient (Wildman–Crippen LogP) is 3.05. The maximum absolute atomic E-state index is 12.6. The van der Waals surface area contributed by atoms with E-state index in [9.17, 15) is 9.59 Å². The summed E-state index contributed by atoms with van der Waals surface area (Å²) in [6, 6.07) is 7.74. The number of hydrogen-bond donors (Lipinski definition) is 0.